The van der Waals surface area contributed by atoms with Crippen LogP contribution in [-0.2, 0) is 0 Å². The molecule has 0 saturated heterocycles. The number of benzene rings is 2. The van der Waals surface area contributed by atoms with E-state index in [9.17, 15) is 4.48 Å². The Labute approximate surface area is 93.5 Å². The van der Waals surface area contributed by atoms with Crippen molar-refractivity contribution in [2.45, 2.75) is 13.0 Å². The molecular weight excluding hydrogens is 201 g/mol. The zero-order chi connectivity index (χ0) is 11.1. The lowest BCUT2D eigenvalue weighted by molar-refractivity contribution is 0.303. The lowest BCUT2D eigenvalue weighted by Gasteiger charge is -2.21. The molecule has 0 heterocycles. The summed E-state index contributed by atoms with van der Waals surface area (Å²) in [5, 5.41) is 2.34. The van der Waals surface area contributed by atoms with E-state index in [4.69, 9.17) is 0 Å². The number of aryl methyl sites for hydroxylation is 1. The summed E-state index contributed by atoms with van der Waals surface area (Å²) in [6, 6.07) is 9.98. The average Bonchev–Trinajstić information content (AvgIpc) is 2.33. The Bertz CT molecular complexity index is 587. The summed E-state index contributed by atoms with van der Waals surface area (Å²) in [5.74, 6) is 0. The second kappa shape index (κ2) is 3.42. The van der Waals surface area contributed by atoms with Gasteiger partial charge < -0.3 is 0 Å². The van der Waals surface area contributed by atoms with E-state index < -0.39 is 0 Å². The molecule has 0 spiro atoms. The van der Waals surface area contributed by atoms with Crippen LogP contribution >= 0.6 is 0 Å². The minimum Gasteiger partial charge on any atom is -0.148 e. The van der Waals surface area contributed by atoms with Crippen molar-refractivity contribution in [3.8, 4) is 0 Å². The van der Waals surface area contributed by atoms with Gasteiger partial charge in [0.05, 0.1) is 6.04 Å². The van der Waals surface area contributed by atoms with Crippen molar-refractivity contribution >= 4 is 16.8 Å². The first-order valence-corrected chi connectivity index (χ1v) is 5.38. The third-order valence-corrected chi connectivity index (χ3v) is 3.23. The Balaban J connectivity index is 2.45. The first-order valence-electron chi connectivity index (χ1n) is 5.38. The molecule has 0 fully saturated rings. The third-order valence-electron chi connectivity index (χ3n) is 3.23. The van der Waals surface area contributed by atoms with Crippen LogP contribution in [0.3, 0.4) is 0 Å². The first kappa shape index (κ1) is 9.55. The average molecular weight is 213 g/mol. The van der Waals surface area contributed by atoms with Gasteiger partial charge >= 0.3 is 0 Å². The lowest BCUT2D eigenvalue weighted by Crippen LogP contribution is -2.14. The molecule has 0 saturated carbocycles. The summed E-state index contributed by atoms with van der Waals surface area (Å²) in [5.41, 5.74) is 5.21. The Morgan fingerprint density at radius 2 is 2.06 bits per heavy atom. The number of nitrogens with one attached hydrogen (secondary N) is 1. The molecule has 0 aromatic heterocycles. The topological polar surface area (TPSA) is 12.0 Å². The van der Waals surface area contributed by atoms with Crippen LogP contribution in [0.1, 0.15) is 22.7 Å². The molecule has 1 unspecified atom stereocenters. The standard InChI is InChI=1S/C14H12FN/c1-9-5-6-10-3-2-4-11-7-8-12(16-15)13(9)14(10)11/h2-8,12,16H,1H3. The van der Waals surface area contributed by atoms with Crippen molar-refractivity contribution in [3.05, 3.63) is 53.1 Å². The zero-order valence-corrected chi connectivity index (χ0v) is 9.00. The molecule has 1 N–H and O–H groups in total. The van der Waals surface area contributed by atoms with Crippen LogP contribution in [0.5, 0.6) is 0 Å². The summed E-state index contributed by atoms with van der Waals surface area (Å²) in [7, 11) is 0. The van der Waals surface area contributed by atoms with E-state index in [-0.39, 0.29) is 6.04 Å². The predicted molar refractivity (Wildman–Crippen MR) is 64.7 cm³/mol. The van der Waals surface area contributed by atoms with Crippen LogP contribution in [0.2, 0.25) is 0 Å². The summed E-state index contributed by atoms with van der Waals surface area (Å²) < 4.78 is 12.8. The van der Waals surface area contributed by atoms with E-state index in [1.807, 2.05) is 36.7 Å². The number of hydrogen-bond donors (Lipinski definition) is 1. The normalized spacial score (nSPS) is 18.0. The van der Waals surface area contributed by atoms with Gasteiger partial charge in [-0.1, -0.05) is 42.5 Å². The van der Waals surface area contributed by atoms with Gasteiger partial charge in [-0.2, -0.15) is 0 Å². The number of halogens is 1. The second-order valence-corrected chi connectivity index (χ2v) is 4.19. The predicted octanol–water partition coefficient (Wildman–Crippen LogP) is 3.69. The van der Waals surface area contributed by atoms with E-state index >= 15 is 0 Å². The Morgan fingerprint density at radius 3 is 2.88 bits per heavy atom. The fourth-order valence-electron chi connectivity index (χ4n) is 2.47. The van der Waals surface area contributed by atoms with E-state index in [2.05, 4.69) is 18.2 Å². The highest BCUT2D eigenvalue weighted by Gasteiger charge is 2.19. The molecule has 3 rings (SSSR count). The SMILES string of the molecule is Cc1ccc2cccc3c2c1C(NF)C=C3. The van der Waals surface area contributed by atoms with Gasteiger partial charge in [-0.3, -0.25) is 0 Å². The fourth-order valence-corrected chi connectivity index (χ4v) is 2.47. The van der Waals surface area contributed by atoms with E-state index in [0.717, 1.165) is 11.1 Å². The maximum atomic E-state index is 12.8. The van der Waals surface area contributed by atoms with E-state index in [0.29, 0.717) is 0 Å². The maximum Gasteiger partial charge on any atom is 0.0814 e. The highest BCUT2D eigenvalue weighted by Crippen LogP contribution is 2.35. The molecule has 0 radical (unpaired) electrons. The van der Waals surface area contributed by atoms with Crippen LogP contribution < -0.4 is 5.54 Å². The molecule has 1 aliphatic rings. The summed E-state index contributed by atoms with van der Waals surface area (Å²) in [6.45, 7) is 2.02. The summed E-state index contributed by atoms with van der Waals surface area (Å²) in [6.07, 6.45) is 3.84. The second-order valence-electron chi connectivity index (χ2n) is 4.19. The maximum absolute atomic E-state index is 12.8. The molecule has 80 valence electrons. The zero-order valence-electron chi connectivity index (χ0n) is 9.00. The molecule has 0 bridgehead atoms. The summed E-state index contributed by atoms with van der Waals surface area (Å²) in [4.78, 5) is 0. The Kier molecular flexibility index (Phi) is 2.04. The number of rotatable bonds is 1. The van der Waals surface area contributed by atoms with Crippen molar-refractivity contribution in [2.24, 2.45) is 0 Å². The Morgan fingerprint density at radius 1 is 1.19 bits per heavy atom. The largest absolute Gasteiger partial charge is 0.148 e. The lowest BCUT2D eigenvalue weighted by atomic mass is 9.87. The molecule has 0 amide bonds. The Hall–Kier alpha value is -1.67. The van der Waals surface area contributed by atoms with E-state index in [1.165, 1.54) is 16.3 Å². The summed E-state index contributed by atoms with van der Waals surface area (Å²) >= 11 is 0. The van der Waals surface area contributed by atoms with Crippen LogP contribution in [0.25, 0.3) is 16.8 Å². The van der Waals surface area contributed by atoms with Crippen molar-refractivity contribution in [1.29, 1.82) is 0 Å². The van der Waals surface area contributed by atoms with Gasteiger partial charge in [0.25, 0.3) is 0 Å². The molecule has 2 aromatic rings. The highest BCUT2D eigenvalue weighted by molar-refractivity contribution is 5.96. The van der Waals surface area contributed by atoms with Crippen LogP contribution in [0.15, 0.2) is 36.4 Å². The molecule has 2 aromatic carbocycles. The minimum atomic E-state index is -0.321. The molecule has 2 heteroatoms. The third kappa shape index (κ3) is 1.20. The van der Waals surface area contributed by atoms with Crippen LogP contribution in [0.4, 0.5) is 4.48 Å². The quantitative estimate of drug-likeness (QED) is 0.712. The van der Waals surface area contributed by atoms with Gasteiger partial charge in [0.1, 0.15) is 0 Å². The van der Waals surface area contributed by atoms with Gasteiger partial charge in [0.2, 0.25) is 0 Å². The molecular formula is C14H12FN. The first-order chi connectivity index (χ1) is 7.81. The van der Waals surface area contributed by atoms with Crippen molar-refractivity contribution in [3.63, 3.8) is 0 Å². The van der Waals surface area contributed by atoms with Gasteiger partial charge in [0, 0.05) is 0 Å². The molecule has 1 nitrogen and oxygen atoms in total. The highest BCUT2D eigenvalue weighted by atomic mass is 19.2. The minimum absolute atomic E-state index is 0.321. The van der Waals surface area contributed by atoms with Gasteiger partial charge in [-0.15, -0.1) is 10.0 Å². The van der Waals surface area contributed by atoms with Gasteiger partial charge in [0.15, 0.2) is 0 Å². The van der Waals surface area contributed by atoms with Crippen molar-refractivity contribution in [2.75, 3.05) is 0 Å². The fraction of sp³-hybridized carbons (Fsp3) is 0.143. The van der Waals surface area contributed by atoms with Gasteiger partial charge in [-0.05, 0) is 34.4 Å². The smallest absolute Gasteiger partial charge is 0.0814 e. The van der Waals surface area contributed by atoms with Crippen LogP contribution in [-0.4, -0.2) is 0 Å². The van der Waals surface area contributed by atoms with Crippen molar-refractivity contribution < 1.29 is 4.48 Å². The molecule has 0 aliphatic heterocycles. The van der Waals surface area contributed by atoms with Crippen LogP contribution in [0, 0.1) is 6.92 Å². The van der Waals surface area contributed by atoms with Gasteiger partial charge in [-0.25, -0.2) is 0 Å². The van der Waals surface area contributed by atoms with E-state index in [1.54, 1.807) is 0 Å². The van der Waals surface area contributed by atoms with Crippen molar-refractivity contribution in [1.82, 2.24) is 5.54 Å². The molecule has 1 atom stereocenters. The molecule has 16 heavy (non-hydrogen) atoms. The molecule has 1 aliphatic carbocycles. The number of hydrogen-bond acceptors (Lipinski definition) is 1. The monoisotopic (exact) mass is 213 g/mol.